The van der Waals surface area contributed by atoms with Crippen molar-refractivity contribution in [1.29, 1.82) is 0 Å². The lowest BCUT2D eigenvalue weighted by atomic mass is 10.0. The molecule has 0 aliphatic rings. The molecule has 79 heavy (non-hydrogen) atoms. The van der Waals surface area contributed by atoms with Gasteiger partial charge in [0.15, 0.2) is 0 Å². The maximum absolute atomic E-state index is 14.0. The average molecular weight is 1130 g/mol. The number of amides is 10. The zero-order chi connectivity index (χ0) is 59.1. The molecule has 0 spiro atoms. The fraction of sp³-hybridized carbons (Fsp3) is 0.480. The summed E-state index contributed by atoms with van der Waals surface area (Å²) in [6, 6.07) is -0.431. The summed E-state index contributed by atoms with van der Waals surface area (Å²) >= 11 is 4.16. The Balaban J connectivity index is 1.79. The van der Waals surface area contributed by atoms with E-state index in [0.717, 1.165) is 13.8 Å². The minimum atomic E-state index is -1.87. The van der Waals surface area contributed by atoms with Gasteiger partial charge in [-0.1, -0.05) is 56.3 Å². The van der Waals surface area contributed by atoms with Crippen molar-refractivity contribution in [2.45, 2.75) is 139 Å². The summed E-state index contributed by atoms with van der Waals surface area (Å²) in [5.41, 5.74) is 18.4. The SMILES string of the molecule is CC(C)C[C@H](NC(=O)[C@@H](NC(=O)[C@H](CCC(N)=O)NC(=O)[C@H](Cc1ccc(O)cc1)NC(=O)[C@@H](N)Cc1cnc[nH]1)[C@@H](C)O)C(=O)N[C@@H](CS)C(=O)N[C@H](C(=O)N[C@@H](CC(N)=O)C(=O)N[C@@H](Cc1ccccc1)C(=O)O)[C@@H](C)O. The van der Waals surface area contributed by atoms with Gasteiger partial charge >= 0.3 is 5.97 Å². The third kappa shape index (κ3) is 22.4. The highest BCUT2D eigenvalue weighted by molar-refractivity contribution is 7.80. The Hall–Kier alpha value is -8.15. The number of carbonyl (C=O) groups is 11. The van der Waals surface area contributed by atoms with E-state index in [9.17, 15) is 73.2 Å². The lowest BCUT2D eigenvalue weighted by molar-refractivity contribution is -0.142. The largest absolute Gasteiger partial charge is 0.508 e. The van der Waals surface area contributed by atoms with Gasteiger partial charge in [0.05, 0.1) is 31.0 Å². The highest BCUT2D eigenvalue weighted by atomic mass is 32.1. The van der Waals surface area contributed by atoms with Crippen LogP contribution in [-0.4, -0.2) is 168 Å². The number of aliphatic hydroxyl groups is 2. The normalized spacial score (nSPS) is 15.3. The highest BCUT2D eigenvalue weighted by Crippen LogP contribution is 2.14. The third-order valence-corrected chi connectivity index (χ3v) is 12.2. The maximum atomic E-state index is 14.0. The van der Waals surface area contributed by atoms with Crippen LogP contribution in [0.4, 0.5) is 0 Å². The molecular formula is C50H71N13O15S. The van der Waals surface area contributed by atoms with Crippen molar-refractivity contribution < 1.29 is 73.2 Å². The second-order valence-corrected chi connectivity index (χ2v) is 19.5. The van der Waals surface area contributed by atoms with Gasteiger partial charge in [0.2, 0.25) is 59.1 Å². The summed E-state index contributed by atoms with van der Waals surface area (Å²) in [5, 5.41) is 60.0. The van der Waals surface area contributed by atoms with Crippen LogP contribution in [0, 0.1) is 5.92 Å². The Morgan fingerprint density at radius 1 is 0.570 bits per heavy atom. The maximum Gasteiger partial charge on any atom is 0.326 e. The van der Waals surface area contributed by atoms with Crippen molar-refractivity contribution in [1.82, 2.24) is 52.5 Å². The smallest absolute Gasteiger partial charge is 0.326 e. The quantitative estimate of drug-likeness (QED) is 0.0255. The van der Waals surface area contributed by atoms with Gasteiger partial charge in [0.25, 0.3) is 0 Å². The molecule has 19 N–H and O–H groups in total. The predicted octanol–water partition coefficient (Wildman–Crippen LogP) is -4.69. The molecule has 0 aliphatic carbocycles. The highest BCUT2D eigenvalue weighted by Gasteiger charge is 2.37. The Labute approximate surface area is 459 Å². The van der Waals surface area contributed by atoms with E-state index in [1.807, 2.05) is 0 Å². The number of thiol groups is 1. The number of rotatable bonds is 33. The first-order valence-electron chi connectivity index (χ1n) is 24.9. The van der Waals surface area contributed by atoms with Crippen LogP contribution in [0.15, 0.2) is 67.1 Å². The van der Waals surface area contributed by atoms with Crippen LogP contribution in [0.1, 0.15) is 70.2 Å². The number of primary amides is 2. The number of hydrogen-bond acceptors (Lipinski definition) is 17. The molecule has 0 aliphatic heterocycles. The Morgan fingerprint density at radius 2 is 1.04 bits per heavy atom. The first-order chi connectivity index (χ1) is 37.2. The van der Waals surface area contributed by atoms with E-state index >= 15 is 0 Å². The number of aliphatic carboxylic acids is 1. The number of aromatic amines is 1. The van der Waals surface area contributed by atoms with Crippen LogP contribution in [0.3, 0.4) is 0 Å². The number of aromatic nitrogens is 2. The van der Waals surface area contributed by atoms with Crippen molar-refractivity contribution in [3.63, 3.8) is 0 Å². The molecule has 28 nitrogen and oxygen atoms in total. The first-order valence-corrected chi connectivity index (χ1v) is 25.6. The number of phenols is 1. The molecule has 0 fully saturated rings. The molecule has 10 amide bonds. The zero-order valence-corrected chi connectivity index (χ0v) is 44.7. The van der Waals surface area contributed by atoms with Crippen molar-refractivity contribution in [2.24, 2.45) is 23.1 Å². The van der Waals surface area contributed by atoms with Crippen molar-refractivity contribution >= 4 is 77.7 Å². The Kier molecular flexibility index (Phi) is 26.3. The zero-order valence-electron chi connectivity index (χ0n) is 43.8. The molecule has 29 heteroatoms. The summed E-state index contributed by atoms with van der Waals surface area (Å²) in [5.74, 6) is -12.7. The first kappa shape index (κ1) is 65.1. The molecular weight excluding hydrogens is 1050 g/mol. The number of aliphatic hydroxyl groups excluding tert-OH is 2. The van der Waals surface area contributed by atoms with E-state index in [1.165, 1.54) is 36.8 Å². The van der Waals surface area contributed by atoms with E-state index in [1.54, 1.807) is 44.2 Å². The molecule has 1 aromatic heterocycles. The van der Waals surface area contributed by atoms with Crippen LogP contribution in [0.2, 0.25) is 0 Å². The van der Waals surface area contributed by atoms with E-state index in [2.05, 4.69) is 65.1 Å². The average Bonchev–Trinajstić information content (AvgIpc) is 3.90. The van der Waals surface area contributed by atoms with Gasteiger partial charge in [-0.15, -0.1) is 0 Å². The number of carbonyl (C=O) groups excluding carboxylic acids is 10. The number of benzene rings is 2. The number of phenolic OH excluding ortho intramolecular Hbond substituents is 1. The molecule has 3 rings (SSSR count). The standard InChI is InChI=1S/C50H71N13O15S/c1-24(2)16-33(44(71)61-37(22-79)47(74)63-41(26(4)65)49(76)59-35(20-39(53)68)46(73)60-36(50(77)78)18-27-8-6-5-7-9-27)58-48(75)40(25(3)64)62-43(70)32(14-15-38(52)67)56-45(72)34(17-28-10-12-30(66)13-11-28)57-42(69)31(51)19-29-21-54-23-55-29/h5-13,21,23-26,31-37,40-41,64-66,79H,14-20,22,51H2,1-4H3,(H2,52,67)(H2,53,68)(H,54,55)(H,56,72)(H,57,69)(H,58,75)(H,59,76)(H,60,73)(H,61,71)(H,62,70)(H,63,74)(H,77,78)/t25-,26-,31+,32+,33+,34+,35+,36+,37+,40+,41+/m1/s1. The van der Waals surface area contributed by atoms with Crippen LogP contribution in [0.25, 0.3) is 0 Å². The molecule has 0 saturated heterocycles. The number of H-pyrrole nitrogens is 1. The van der Waals surface area contributed by atoms with Gasteiger partial charge in [0.1, 0.15) is 54.1 Å². The number of hydrogen-bond donors (Lipinski definition) is 17. The van der Waals surface area contributed by atoms with E-state index in [4.69, 9.17) is 17.2 Å². The summed E-state index contributed by atoms with van der Waals surface area (Å²) in [4.78, 5) is 152. The lowest BCUT2D eigenvalue weighted by Gasteiger charge is -2.29. The van der Waals surface area contributed by atoms with E-state index in [-0.39, 0.29) is 37.4 Å². The van der Waals surface area contributed by atoms with Gasteiger partial charge in [-0.2, -0.15) is 12.6 Å². The van der Waals surface area contributed by atoms with Crippen LogP contribution in [-0.2, 0) is 72.0 Å². The number of aromatic hydroxyl groups is 1. The molecule has 432 valence electrons. The third-order valence-electron chi connectivity index (χ3n) is 11.9. The van der Waals surface area contributed by atoms with Gasteiger partial charge in [-0.05, 0) is 55.9 Å². The van der Waals surface area contributed by atoms with Crippen LogP contribution in [0.5, 0.6) is 5.75 Å². The minimum absolute atomic E-state index is 0.00449. The molecule has 11 atom stereocenters. The van der Waals surface area contributed by atoms with Crippen LogP contribution >= 0.6 is 12.6 Å². The van der Waals surface area contributed by atoms with Gasteiger partial charge < -0.3 is 85.1 Å². The molecule has 0 radical (unpaired) electrons. The van der Waals surface area contributed by atoms with Gasteiger partial charge in [-0.3, -0.25) is 47.9 Å². The molecule has 3 aromatic rings. The predicted molar refractivity (Wildman–Crippen MR) is 284 cm³/mol. The van der Waals surface area contributed by atoms with E-state index < -0.39 is 157 Å². The molecule has 0 bridgehead atoms. The molecule has 0 saturated carbocycles. The fourth-order valence-electron chi connectivity index (χ4n) is 7.65. The fourth-order valence-corrected chi connectivity index (χ4v) is 7.91. The summed E-state index contributed by atoms with van der Waals surface area (Å²) in [6.45, 7) is 5.59. The topological polar surface area (TPSA) is 472 Å². The molecule has 0 unspecified atom stereocenters. The number of carboxylic acids is 1. The Bertz CT molecular complexity index is 2570. The number of imidazole rings is 1. The minimum Gasteiger partial charge on any atom is -0.508 e. The number of nitrogens with one attached hydrogen (secondary N) is 9. The Morgan fingerprint density at radius 3 is 1.54 bits per heavy atom. The number of nitrogens with zero attached hydrogens (tertiary/aromatic N) is 1. The van der Waals surface area contributed by atoms with Crippen molar-refractivity contribution in [3.05, 3.63) is 83.9 Å². The van der Waals surface area contributed by atoms with Crippen LogP contribution < -0.4 is 59.7 Å². The number of carboxylic acid groups (broad SMARTS) is 1. The summed E-state index contributed by atoms with van der Waals surface area (Å²) in [6.07, 6.45) is -2.73. The van der Waals surface area contributed by atoms with Crippen molar-refractivity contribution in [2.75, 3.05) is 5.75 Å². The summed E-state index contributed by atoms with van der Waals surface area (Å²) in [7, 11) is 0. The second kappa shape index (κ2) is 31.9. The summed E-state index contributed by atoms with van der Waals surface area (Å²) < 4.78 is 0. The van der Waals surface area contributed by atoms with Crippen molar-refractivity contribution in [3.8, 4) is 5.75 Å². The molecule has 2 aromatic carbocycles. The monoisotopic (exact) mass is 1130 g/mol. The molecule has 1 heterocycles. The van der Waals surface area contributed by atoms with Gasteiger partial charge in [-0.25, -0.2) is 9.78 Å². The van der Waals surface area contributed by atoms with E-state index in [0.29, 0.717) is 16.8 Å². The number of nitrogens with two attached hydrogens (primary N) is 3. The second-order valence-electron chi connectivity index (χ2n) is 19.1. The lowest BCUT2D eigenvalue weighted by Crippen LogP contribution is -2.63. The van der Waals surface area contributed by atoms with Gasteiger partial charge in [0, 0.05) is 43.3 Å².